The Hall–Kier alpha value is -1.47. The molecule has 6 nitrogen and oxygen atoms in total. The molecule has 146 valence electrons. The van der Waals surface area contributed by atoms with Gasteiger partial charge in [-0.2, -0.15) is 0 Å². The predicted octanol–water partition coefficient (Wildman–Crippen LogP) is 2.17. The molecule has 0 aliphatic carbocycles. The number of aryl methyl sites for hydroxylation is 1. The molecule has 1 fully saturated rings. The maximum Gasteiger partial charge on any atom is 0.194 e. The molecule has 1 heterocycles. The average molecular weight is 401 g/mol. The molecule has 0 spiro atoms. The fourth-order valence-corrected chi connectivity index (χ4v) is 3.77. The number of nitrogens with zero attached hydrogens (tertiary/aromatic N) is 3. The summed E-state index contributed by atoms with van der Waals surface area (Å²) in [5.74, 6) is 1.05. The Kier molecular flexibility index (Phi) is 7.58. The first kappa shape index (κ1) is 20.8. The molecule has 0 bridgehead atoms. The highest BCUT2D eigenvalue weighted by Crippen LogP contribution is 2.25. The van der Waals surface area contributed by atoms with E-state index in [2.05, 4.69) is 27.0 Å². The molecule has 0 atom stereocenters. The third kappa shape index (κ3) is 5.77. The SMILES string of the molecule is CCNC(=NCCS(=O)(=O)CC)N1CCN(c2cc(Cl)ccc2C)CC1. The van der Waals surface area contributed by atoms with E-state index in [1.807, 2.05) is 25.1 Å². The molecule has 8 heteroatoms. The van der Waals surface area contributed by atoms with Crippen LogP contribution in [0.5, 0.6) is 0 Å². The van der Waals surface area contributed by atoms with Gasteiger partial charge in [-0.15, -0.1) is 0 Å². The molecule has 2 rings (SSSR count). The van der Waals surface area contributed by atoms with Gasteiger partial charge in [-0.1, -0.05) is 24.6 Å². The zero-order chi connectivity index (χ0) is 19.2. The van der Waals surface area contributed by atoms with Crippen LogP contribution in [-0.2, 0) is 9.84 Å². The number of halogens is 1. The molecule has 1 aliphatic rings. The Morgan fingerprint density at radius 3 is 2.54 bits per heavy atom. The topological polar surface area (TPSA) is 65.0 Å². The van der Waals surface area contributed by atoms with E-state index in [1.54, 1.807) is 6.92 Å². The summed E-state index contributed by atoms with van der Waals surface area (Å²) >= 11 is 6.15. The van der Waals surface area contributed by atoms with Gasteiger partial charge in [0.2, 0.25) is 0 Å². The van der Waals surface area contributed by atoms with Gasteiger partial charge in [-0.05, 0) is 31.5 Å². The predicted molar refractivity (Wildman–Crippen MR) is 110 cm³/mol. The summed E-state index contributed by atoms with van der Waals surface area (Å²) in [6.07, 6.45) is 0. The van der Waals surface area contributed by atoms with Crippen molar-refractivity contribution < 1.29 is 8.42 Å². The molecule has 0 unspecified atom stereocenters. The van der Waals surface area contributed by atoms with Crippen molar-refractivity contribution in [2.24, 2.45) is 4.99 Å². The highest BCUT2D eigenvalue weighted by atomic mass is 35.5. The first-order valence-corrected chi connectivity index (χ1v) is 11.3. The Balaban J connectivity index is 1.99. The fourth-order valence-electron chi connectivity index (χ4n) is 2.94. The van der Waals surface area contributed by atoms with Gasteiger partial charge in [0.1, 0.15) is 0 Å². The number of nitrogens with one attached hydrogen (secondary N) is 1. The zero-order valence-corrected chi connectivity index (χ0v) is 17.4. The number of sulfone groups is 1. The second kappa shape index (κ2) is 9.46. The highest BCUT2D eigenvalue weighted by Gasteiger charge is 2.21. The molecule has 1 aromatic carbocycles. The lowest BCUT2D eigenvalue weighted by Gasteiger charge is -2.38. The van der Waals surface area contributed by atoms with Gasteiger partial charge in [0.15, 0.2) is 15.8 Å². The molecule has 1 saturated heterocycles. The first-order valence-electron chi connectivity index (χ1n) is 9.11. The van der Waals surface area contributed by atoms with E-state index < -0.39 is 9.84 Å². The quantitative estimate of drug-likeness (QED) is 0.585. The smallest absolute Gasteiger partial charge is 0.194 e. The Labute approximate surface area is 162 Å². The summed E-state index contributed by atoms with van der Waals surface area (Å²) in [5, 5.41) is 4.02. The van der Waals surface area contributed by atoms with E-state index >= 15 is 0 Å². The van der Waals surface area contributed by atoms with Crippen molar-refractivity contribution >= 4 is 33.1 Å². The van der Waals surface area contributed by atoms with Gasteiger partial charge in [0.05, 0.1) is 12.3 Å². The minimum atomic E-state index is -2.99. The van der Waals surface area contributed by atoms with E-state index in [1.165, 1.54) is 11.3 Å². The number of hydrogen-bond acceptors (Lipinski definition) is 4. The van der Waals surface area contributed by atoms with Crippen molar-refractivity contribution in [1.82, 2.24) is 10.2 Å². The fraction of sp³-hybridized carbons (Fsp3) is 0.611. The first-order chi connectivity index (χ1) is 12.4. The van der Waals surface area contributed by atoms with E-state index in [-0.39, 0.29) is 11.5 Å². The third-order valence-corrected chi connectivity index (χ3v) is 6.45. The minimum absolute atomic E-state index is 0.0973. The lowest BCUT2D eigenvalue weighted by atomic mass is 10.1. The van der Waals surface area contributed by atoms with Crippen LogP contribution in [0.3, 0.4) is 0 Å². The standard InChI is InChI=1S/C18H29ClN4O2S/c1-4-20-18(21-8-13-26(24,25)5-2)23-11-9-22(10-12-23)17-14-16(19)7-6-15(17)3/h6-7,14H,4-5,8-13H2,1-3H3,(H,20,21). The van der Waals surface area contributed by atoms with Crippen molar-refractivity contribution in [2.45, 2.75) is 20.8 Å². The number of benzene rings is 1. The summed E-state index contributed by atoms with van der Waals surface area (Å²) in [4.78, 5) is 9.04. The molecule has 1 aromatic rings. The van der Waals surface area contributed by atoms with Crippen LogP contribution >= 0.6 is 11.6 Å². The molecule has 0 aromatic heterocycles. The van der Waals surface area contributed by atoms with Gasteiger partial charge in [0.25, 0.3) is 0 Å². The van der Waals surface area contributed by atoms with Crippen LogP contribution < -0.4 is 10.2 Å². The van der Waals surface area contributed by atoms with Crippen molar-refractivity contribution in [3.05, 3.63) is 28.8 Å². The summed E-state index contributed by atoms with van der Waals surface area (Å²) < 4.78 is 23.3. The average Bonchev–Trinajstić information content (AvgIpc) is 2.63. The molecule has 1 N–H and O–H groups in total. The summed E-state index contributed by atoms with van der Waals surface area (Å²) in [7, 11) is -2.99. The van der Waals surface area contributed by atoms with Crippen molar-refractivity contribution in [1.29, 1.82) is 0 Å². The number of aliphatic imine (C=N–C) groups is 1. The van der Waals surface area contributed by atoms with Gasteiger partial charge >= 0.3 is 0 Å². The Bertz CT molecular complexity index is 729. The number of anilines is 1. The second-order valence-electron chi connectivity index (χ2n) is 6.38. The maximum absolute atomic E-state index is 11.7. The molecule has 0 radical (unpaired) electrons. The lowest BCUT2D eigenvalue weighted by Crippen LogP contribution is -2.52. The van der Waals surface area contributed by atoms with E-state index in [0.717, 1.165) is 43.7 Å². The molecule has 26 heavy (non-hydrogen) atoms. The van der Waals surface area contributed by atoms with Crippen LogP contribution in [-0.4, -0.2) is 70.1 Å². The molecule has 1 aliphatic heterocycles. The minimum Gasteiger partial charge on any atom is -0.368 e. The van der Waals surface area contributed by atoms with Crippen LogP contribution in [0.15, 0.2) is 23.2 Å². The number of piperazine rings is 1. The van der Waals surface area contributed by atoms with Gasteiger partial charge in [0, 0.05) is 49.2 Å². The monoisotopic (exact) mass is 400 g/mol. The van der Waals surface area contributed by atoms with Gasteiger partial charge in [-0.3, -0.25) is 4.99 Å². The molecular formula is C18H29ClN4O2S. The maximum atomic E-state index is 11.7. The number of guanidine groups is 1. The van der Waals surface area contributed by atoms with Crippen molar-refractivity contribution in [3.8, 4) is 0 Å². The van der Waals surface area contributed by atoms with E-state index in [0.29, 0.717) is 6.54 Å². The summed E-state index contributed by atoms with van der Waals surface area (Å²) in [6.45, 7) is 10.2. The van der Waals surface area contributed by atoms with E-state index in [4.69, 9.17) is 11.6 Å². The lowest BCUT2D eigenvalue weighted by molar-refractivity contribution is 0.372. The van der Waals surface area contributed by atoms with Gasteiger partial charge < -0.3 is 15.1 Å². The van der Waals surface area contributed by atoms with Crippen LogP contribution in [0.1, 0.15) is 19.4 Å². The van der Waals surface area contributed by atoms with Crippen LogP contribution in [0.4, 0.5) is 5.69 Å². The Morgan fingerprint density at radius 2 is 1.92 bits per heavy atom. The molecule has 0 amide bonds. The van der Waals surface area contributed by atoms with Crippen molar-refractivity contribution in [3.63, 3.8) is 0 Å². The van der Waals surface area contributed by atoms with E-state index in [9.17, 15) is 8.42 Å². The normalized spacial score (nSPS) is 16.1. The second-order valence-corrected chi connectivity index (χ2v) is 9.29. The van der Waals surface area contributed by atoms with Crippen LogP contribution in [0.25, 0.3) is 0 Å². The zero-order valence-electron chi connectivity index (χ0n) is 15.8. The third-order valence-electron chi connectivity index (χ3n) is 4.53. The largest absolute Gasteiger partial charge is 0.368 e. The highest BCUT2D eigenvalue weighted by molar-refractivity contribution is 7.91. The number of rotatable bonds is 6. The van der Waals surface area contributed by atoms with Crippen LogP contribution in [0, 0.1) is 6.92 Å². The summed E-state index contributed by atoms with van der Waals surface area (Å²) in [6, 6.07) is 5.97. The summed E-state index contributed by atoms with van der Waals surface area (Å²) in [5.41, 5.74) is 2.39. The van der Waals surface area contributed by atoms with Crippen molar-refractivity contribution in [2.75, 3.05) is 55.7 Å². The Morgan fingerprint density at radius 1 is 1.23 bits per heavy atom. The molecule has 0 saturated carbocycles. The molecular weight excluding hydrogens is 372 g/mol. The number of hydrogen-bond donors (Lipinski definition) is 1. The van der Waals surface area contributed by atoms with Gasteiger partial charge in [-0.25, -0.2) is 8.42 Å². The van der Waals surface area contributed by atoms with Crippen LogP contribution in [0.2, 0.25) is 5.02 Å².